The van der Waals surface area contributed by atoms with Crippen molar-refractivity contribution in [3.05, 3.63) is 0 Å². The molecule has 11 heavy (non-hydrogen) atoms. The molecule has 0 spiro atoms. The van der Waals surface area contributed by atoms with E-state index in [1.54, 1.807) is 0 Å². The first kappa shape index (κ1) is 17.2. The normalized spacial score (nSPS) is 10.7. The highest BCUT2D eigenvalue weighted by molar-refractivity contribution is 5.85. The topological polar surface area (TPSA) is 89.3 Å². The number of nitrogens with two attached hydrogens (primary N) is 2. The van der Waals surface area contributed by atoms with Gasteiger partial charge in [-0.05, 0) is 19.4 Å². The molecule has 0 aliphatic rings. The van der Waals surface area contributed by atoms with Crippen LogP contribution in [-0.4, -0.2) is 23.7 Å². The lowest BCUT2D eigenvalue weighted by atomic mass is 10.2. The van der Waals surface area contributed by atoms with E-state index < -0.39 is 12.0 Å². The van der Waals surface area contributed by atoms with E-state index in [2.05, 4.69) is 0 Å². The predicted octanol–water partition coefficient (Wildman–Crippen LogP) is -0.0192. The Labute approximate surface area is 78.1 Å². The highest BCUT2D eigenvalue weighted by atomic mass is 35.5. The molecule has 0 radical (unpaired) electrons. The molecule has 4 nitrogen and oxygen atoms in total. The van der Waals surface area contributed by atoms with Crippen molar-refractivity contribution in [3.8, 4) is 0 Å². The molecule has 1 atom stereocenters. The van der Waals surface area contributed by atoms with E-state index in [1.165, 1.54) is 0 Å². The third-order valence-corrected chi connectivity index (χ3v) is 1.04. The first-order valence-electron chi connectivity index (χ1n) is 2.87. The van der Waals surface area contributed by atoms with Crippen molar-refractivity contribution < 1.29 is 9.90 Å². The summed E-state index contributed by atoms with van der Waals surface area (Å²) in [6.45, 7) is 0.501. The van der Waals surface area contributed by atoms with Gasteiger partial charge in [0.1, 0.15) is 6.04 Å². The lowest BCUT2D eigenvalue weighted by molar-refractivity contribution is -0.138. The van der Waals surface area contributed by atoms with E-state index in [0.717, 1.165) is 0 Å². The molecule has 0 amide bonds. The standard InChI is InChI=1S/C5H12N2O2.2ClH/c6-3-1-2-4(7)5(8)9;;/h4H,1-3,6-7H2,(H,8,9);2*1H/t4-;;/m0../s1. The third-order valence-electron chi connectivity index (χ3n) is 1.04. The zero-order chi connectivity index (χ0) is 7.28. The summed E-state index contributed by atoms with van der Waals surface area (Å²) < 4.78 is 0. The molecule has 0 aromatic rings. The van der Waals surface area contributed by atoms with Crippen LogP contribution in [0.2, 0.25) is 0 Å². The predicted molar refractivity (Wildman–Crippen MR) is 48.4 cm³/mol. The van der Waals surface area contributed by atoms with Gasteiger partial charge in [-0.1, -0.05) is 0 Å². The van der Waals surface area contributed by atoms with Crippen LogP contribution in [0.5, 0.6) is 0 Å². The molecule has 0 aliphatic heterocycles. The number of rotatable bonds is 4. The number of carbonyl (C=O) groups is 1. The van der Waals surface area contributed by atoms with Crippen LogP contribution in [0.15, 0.2) is 0 Å². The molecule has 0 fully saturated rings. The number of carboxylic acid groups (broad SMARTS) is 1. The molecular formula is C5H14Cl2N2O2. The lowest BCUT2D eigenvalue weighted by Crippen LogP contribution is -2.30. The number of hydrogen-bond acceptors (Lipinski definition) is 3. The van der Waals surface area contributed by atoms with Gasteiger partial charge >= 0.3 is 5.97 Å². The van der Waals surface area contributed by atoms with E-state index in [9.17, 15) is 4.79 Å². The quantitative estimate of drug-likeness (QED) is 0.601. The van der Waals surface area contributed by atoms with Crippen molar-refractivity contribution in [3.63, 3.8) is 0 Å². The molecule has 70 valence electrons. The van der Waals surface area contributed by atoms with Crippen LogP contribution >= 0.6 is 24.8 Å². The van der Waals surface area contributed by atoms with Gasteiger partial charge in [-0.15, -0.1) is 24.8 Å². The van der Waals surface area contributed by atoms with Crippen LogP contribution in [-0.2, 0) is 4.79 Å². The Morgan fingerprint density at radius 3 is 2.18 bits per heavy atom. The van der Waals surface area contributed by atoms with Gasteiger partial charge in [0.2, 0.25) is 0 Å². The van der Waals surface area contributed by atoms with Gasteiger partial charge in [0.25, 0.3) is 0 Å². The zero-order valence-electron chi connectivity index (χ0n) is 6.03. The second-order valence-corrected chi connectivity index (χ2v) is 1.88. The molecule has 0 heterocycles. The van der Waals surface area contributed by atoms with Crippen molar-refractivity contribution in [1.29, 1.82) is 0 Å². The Balaban J connectivity index is -0.000000320. The molecule has 0 aromatic carbocycles. The third kappa shape index (κ3) is 9.97. The maximum Gasteiger partial charge on any atom is 0.320 e. The maximum absolute atomic E-state index is 10.0. The second-order valence-electron chi connectivity index (χ2n) is 1.88. The Bertz CT molecular complexity index is 102. The SMILES string of the molecule is Cl.Cl.NCCC[C@H](N)C(=O)O. The lowest BCUT2D eigenvalue weighted by Gasteiger charge is -2.02. The fraction of sp³-hybridized carbons (Fsp3) is 0.800. The minimum Gasteiger partial charge on any atom is -0.480 e. The molecule has 0 unspecified atom stereocenters. The van der Waals surface area contributed by atoms with Crippen LogP contribution in [0.25, 0.3) is 0 Å². The average molecular weight is 205 g/mol. The number of halogens is 2. The van der Waals surface area contributed by atoms with Gasteiger partial charge in [-0.2, -0.15) is 0 Å². The highest BCUT2D eigenvalue weighted by Crippen LogP contribution is 1.91. The number of hydrogen-bond donors (Lipinski definition) is 3. The van der Waals surface area contributed by atoms with Crippen LogP contribution < -0.4 is 11.5 Å². The largest absolute Gasteiger partial charge is 0.480 e. The highest BCUT2D eigenvalue weighted by Gasteiger charge is 2.08. The Morgan fingerprint density at radius 1 is 1.45 bits per heavy atom. The van der Waals surface area contributed by atoms with Crippen molar-refractivity contribution in [1.82, 2.24) is 0 Å². The molecule has 0 rings (SSSR count). The molecule has 0 saturated heterocycles. The molecule has 6 heteroatoms. The molecule has 0 aromatic heterocycles. The van der Waals surface area contributed by atoms with Crippen LogP contribution in [0, 0.1) is 0 Å². The van der Waals surface area contributed by atoms with Crippen molar-refractivity contribution in [2.45, 2.75) is 18.9 Å². The van der Waals surface area contributed by atoms with E-state index in [4.69, 9.17) is 16.6 Å². The Kier molecular flexibility index (Phi) is 15.6. The zero-order valence-corrected chi connectivity index (χ0v) is 7.66. The molecule has 0 saturated carbocycles. The summed E-state index contributed by atoms with van der Waals surface area (Å²) in [5.41, 5.74) is 10.3. The molecule has 0 aliphatic carbocycles. The fourth-order valence-electron chi connectivity index (χ4n) is 0.461. The average Bonchev–Trinajstić information content (AvgIpc) is 1.82. The van der Waals surface area contributed by atoms with Crippen molar-refractivity contribution in [2.24, 2.45) is 11.5 Å². The monoisotopic (exact) mass is 204 g/mol. The first-order valence-corrected chi connectivity index (χ1v) is 2.87. The number of aliphatic carboxylic acids is 1. The maximum atomic E-state index is 10.0. The summed E-state index contributed by atoms with van der Waals surface area (Å²) in [6.07, 6.45) is 1.14. The van der Waals surface area contributed by atoms with E-state index >= 15 is 0 Å². The molecule has 5 N–H and O–H groups in total. The van der Waals surface area contributed by atoms with Crippen LogP contribution in [0.1, 0.15) is 12.8 Å². The fourth-order valence-corrected chi connectivity index (χ4v) is 0.461. The summed E-state index contributed by atoms with van der Waals surface area (Å²) in [5.74, 6) is -0.955. The van der Waals surface area contributed by atoms with Gasteiger partial charge in [0.05, 0.1) is 0 Å². The van der Waals surface area contributed by atoms with Gasteiger partial charge in [0.15, 0.2) is 0 Å². The summed E-state index contributed by atoms with van der Waals surface area (Å²) >= 11 is 0. The first-order chi connectivity index (χ1) is 4.18. The summed E-state index contributed by atoms with van der Waals surface area (Å²) in [7, 11) is 0. The second kappa shape index (κ2) is 9.97. The minimum absolute atomic E-state index is 0. The van der Waals surface area contributed by atoms with Crippen LogP contribution in [0.3, 0.4) is 0 Å². The Hall–Kier alpha value is -0.0300. The van der Waals surface area contributed by atoms with E-state index in [1.807, 2.05) is 0 Å². The summed E-state index contributed by atoms with van der Waals surface area (Å²) in [5, 5.41) is 8.24. The minimum atomic E-state index is -0.955. The van der Waals surface area contributed by atoms with Gasteiger partial charge < -0.3 is 16.6 Å². The van der Waals surface area contributed by atoms with Crippen molar-refractivity contribution in [2.75, 3.05) is 6.54 Å². The summed E-state index contributed by atoms with van der Waals surface area (Å²) in [6, 6.07) is -0.742. The van der Waals surface area contributed by atoms with Gasteiger partial charge in [0, 0.05) is 0 Å². The van der Waals surface area contributed by atoms with E-state index in [0.29, 0.717) is 19.4 Å². The number of carboxylic acids is 1. The van der Waals surface area contributed by atoms with Gasteiger partial charge in [-0.3, -0.25) is 4.79 Å². The molecular weight excluding hydrogens is 191 g/mol. The summed E-state index contributed by atoms with van der Waals surface area (Å²) in [4.78, 5) is 10.0. The van der Waals surface area contributed by atoms with Crippen molar-refractivity contribution >= 4 is 30.8 Å². The van der Waals surface area contributed by atoms with Gasteiger partial charge in [-0.25, -0.2) is 0 Å². The van der Waals surface area contributed by atoms with E-state index in [-0.39, 0.29) is 24.8 Å². The Morgan fingerprint density at radius 2 is 1.91 bits per heavy atom. The smallest absolute Gasteiger partial charge is 0.320 e. The molecule has 0 bridgehead atoms. The van der Waals surface area contributed by atoms with Crippen LogP contribution in [0.4, 0.5) is 0 Å².